The van der Waals surface area contributed by atoms with Gasteiger partial charge in [-0.25, -0.2) is 0 Å². The smallest absolute Gasteiger partial charge is 0.223 e. The molecule has 40 heavy (non-hydrogen) atoms. The summed E-state index contributed by atoms with van der Waals surface area (Å²) in [6, 6.07) is 6.89. The Kier molecular flexibility index (Phi) is 10.9. The molecule has 0 spiro atoms. The highest BCUT2D eigenvalue weighted by molar-refractivity contribution is 6.30. The standard InChI is InChI=1S/C32H48N4O4/c1-7-9-17-35(3,4)21-23(37)19-33-27-15-16-28(34-20-24(38)22-36(5,6)18-10-8-2)30-29(27)31(39)25-13-11-12-14-26(25)32(30)40/h11-16,23-24,37-38H,7-10,17-22H2,1-6H3/p+2. The van der Waals surface area contributed by atoms with E-state index in [1.165, 1.54) is 0 Å². The molecule has 8 heteroatoms. The molecular weight excluding hydrogens is 504 g/mol. The predicted molar refractivity (Wildman–Crippen MR) is 163 cm³/mol. The Morgan fingerprint density at radius 2 is 1.07 bits per heavy atom. The van der Waals surface area contributed by atoms with Gasteiger partial charge in [0.25, 0.3) is 0 Å². The third kappa shape index (κ3) is 8.13. The molecule has 1 aliphatic carbocycles. The monoisotopic (exact) mass is 554 g/mol. The number of nitrogens with zero attached hydrogens (tertiary/aromatic N) is 4. The number of fused-ring (bicyclic) bond motifs is 2. The summed E-state index contributed by atoms with van der Waals surface area (Å²) in [4.78, 5) is 9.41. The minimum atomic E-state index is -0.424. The Balaban J connectivity index is 1.94. The SMILES string of the molecule is CCCC[N+](C)(C)CC([OH2+])CN=C1C=CC(=NCC([OH2+])C[N+](C)(C)CCCC)c2c1c([O-])c1ccccc1c2[O-]. The van der Waals surface area contributed by atoms with Gasteiger partial charge in [-0.05, 0) is 35.8 Å². The molecule has 0 aliphatic heterocycles. The van der Waals surface area contributed by atoms with Gasteiger partial charge in [-0.15, -0.1) is 0 Å². The van der Waals surface area contributed by atoms with Gasteiger partial charge >= 0.3 is 0 Å². The van der Waals surface area contributed by atoms with Gasteiger partial charge < -0.3 is 29.4 Å². The van der Waals surface area contributed by atoms with E-state index in [1.54, 1.807) is 36.4 Å². The van der Waals surface area contributed by atoms with Crippen molar-refractivity contribution in [2.24, 2.45) is 9.98 Å². The molecule has 2 aromatic carbocycles. The number of rotatable bonds is 14. The zero-order valence-corrected chi connectivity index (χ0v) is 25.3. The zero-order chi connectivity index (χ0) is 29.5. The molecule has 0 amide bonds. The Morgan fingerprint density at radius 1 is 0.700 bits per heavy atom. The number of allylic oxidation sites excluding steroid dienone is 2. The van der Waals surface area contributed by atoms with Crippen molar-refractivity contribution in [1.82, 2.24) is 0 Å². The fourth-order valence-electron chi connectivity index (χ4n) is 5.53. The van der Waals surface area contributed by atoms with Crippen LogP contribution in [0.1, 0.15) is 50.7 Å². The maximum atomic E-state index is 13.7. The van der Waals surface area contributed by atoms with Crippen molar-refractivity contribution < 1.29 is 29.4 Å². The first kappa shape index (κ1) is 31.7. The zero-order valence-electron chi connectivity index (χ0n) is 25.3. The lowest BCUT2D eigenvalue weighted by Crippen LogP contribution is -2.46. The lowest BCUT2D eigenvalue weighted by molar-refractivity contribution is -0.893. The molecule has 4 N–H and O–H groups in total. The van der Waals surface area contributed by atoms with Crippen molar-refractivity contribution in [3.8, 4) is 11.5 Å². The topological polar surface area (TPSA) is 117 Å². The second-order valence-corrected chi connectivity index (χ2v) is 12.5. The fourth-order valence-corrected chi connectivity index (χ4v) is 5.53. The van der Waals surface area contributed by atoms with Crippen LogP contribution in [0.4, 0.5) is 0 Å². The molecule has 2 unspecified atom stereocenters. The fraction of sp³-hybridized carbons (Fsp3) is 0.562. The van der Waals surface area contributed by atoms with E-state index >= 15 is 0 Å². The highest BCUT2D eigenvalue weighted by Crippen LogP contribution is 2.39. The van der Waals surface area contributed by atoms with Crippen LogP contribution in [0.2, 0.25) is 0 Å². The van der Waals surface area contributed by atoms with Crippen LogP contribution in [0.15, 0.2) is 46.4 Å². The molecule has 0 bridgehead atoms. The summed E-state index contributed by atoms with van der Waals surface area (Å²) in [6.45, 7) is 8.17. The number of aliphatic imine (C=N–C) groups is 2. The molecule has 0 aromatic heterocycles. The summed E-state index contributed by atoms with van der Waals surface area (Å²) < 4.78 is 1.50. The molecule has 0 radical (unpaired) electrons. The van der Waals surface area contributed by atoms with Crippen LogP contribution in [0.3, 0.4) is 0 Å². The molecule has 0 saturated heterocycles. The molecule has 8 nitrogen and oxygen atoms in total. The summed E-state index contributed by atoms with van der Waals surface area (Å²) in [7, 11) is 8.55. The summed E-state index contributed by atoms with van der Waals surface area (Å²) >= 11 is 0. The number of likely N-dealkylation sites (N-methyl/N-ethyl adjacent to an activating group) is 2. The number of hydrogen-bond donors (Lipinski definition) is 0. The van der Waals surface area contributed by atoms with Gasteiger partial charge in [0.05, 0.1) is 52.7 Å². The van der Waals surface area contributed by atoms with Crippen molar-refractivity contribution >= 4 is 22.2 Å². The minimum Gasteiger partial charge on any atom is -0.872 e. The first-order valence-electron chi connectivity index (χ1n) is 14.7. The van der Waals surface area contributed by atoms with Crippen molar-refractivity contribution in [2.45, 2.75) is 51.7 Å². The molecule has 1 aliphatic rings. The van der Waals surface area contributed by atoms with Crippen LogP contribution >= 0.6 is 0 Å². The van der Waals surface area contributed by atoms with Gasteiger partial charge in [-0.2, -0.15) is 0 Å². The van der Waals surface area contributed by atoms with Gasteiger partial charge in [0.1, 0.15) is 13.1 Å². The predicted octanol–water partition coefficient (Wildman–Crippen LogP) is 2.07. The van der Waals surface area contributed by atoms with E-state index < -0.39 is 12.2 Å². The molecule has 0 heterocycles. The van der Waals surface area contributed by atoms with Gasteiger partial charge in [-0.3, -0.25) is 9.98 Å². The molecule has 220 valence electrons. The second kappa shape index (κ2) is 13.7. The third-order valence-corrected chi connectivity index (χ3v) is 7.66. The Bertz CT molecular complexity index is 1150. The second-order valence-electron chi connectivity index (χ2n) is 12.5. The Labute approximate surface area is 239 Å². The van der Waals surface area contributed by atoms with Gasteiger partial charge in [-0.1, -0.05) is 62.5 Å². The van der Waals surface area contributed by atoms with E-state index in [0.717, 1.165) is 47.7 Å². The van der Waals surface area contributed by atoms with Crippen LogP contribution in [0, 0.1) is 0 Å². The quantitative estimate of drug-likeness (QED) is 0.263. The Hall–Kier alpha value is -2.78. The first-order chi connectivity index (χ1) is 18.9. The van der Waals surface area contributed by atoms with Crippen LogP contribution in [-0.4, -0.2) is 110 Å². The molecular formula is C32H50N4O4+2. The van der Waals surface area contributed by atoms with E-state index in [9.17, 15) is 10.2 Å². The number of unbranched alkanes of at least 4 members (excludes halogenated alkanes) is 2. The summed E-state index contributed by atoms with van der Waals surface area (Å²) in [5.74, 6) is -0.470. The van der Waals surface area contributed by atoms with Crippen molar-refractivity contribution in [3.63, 3.8) is 0 Å². The average molecular weight is 555 g/mol. The van der Waals surface area contributed by atoms with Crippen LogP contribution < -0.4 is 10.2 Å². The summed E-state index contributed by atoms with van der Waals surface area (Å²) in [5.41, 5.74) is 1.44. The van der Waals surface area contributed by atoms with E-state index in [0.29, 0.717) is 35.3 Å². The lowest BCUT2D eigenvalue weighted by Gasteiger charge is -2.31. The summed E-state index contributed by atoms with van der Waals surface area (Å²) in [6.07, 6.45) is 7.11. The van der Waals surface area contributed by atoms with Crippen molar-refractivity contribution in [3.05, 3.63) is 47.5 Å². The number of hydrogen-bond acceptors (Lipinski definition) is 4. The van der Waals surface area contributed by atoms with Gasteiger partial charge in [0, 0.05) is 11.1 Å². The maximum absolute atomic E-state index is 13.7. The van der Waals surface area contributed by atoms with Gasteiger partial charge in [0.15, 0.2) is 13.1 Å². The normalized spacial score (nSPS) is 17.5. The van der Waals surface area contributed by atoms with Crippen LogP contribution in [-0.2, 0) is 0 Å². The Morgan fingerprint density at radius 3 is 1.43 bits per heavy atom. The van der Waals surface area contributed by atoms with Crippen molar-refractivity contribution in [1.29, 1.82) is 0 Å². The van der Waals surface area contributed by atoms with E-state index in [1.807, 2.05) is 0 Å². The van der Waals surface area contributed by atoms with Crippen molar-refractivity contribution in [2.75, 3.05) is 67.5 Å². The number of benzene rings is 2. The molecule has 0 saturated carbocycles. The number of quaternary nitrogens is 2. The summed E-state index contributed by atoms with van der Waals surface area (Å²) in [5, 5.41) is 45.4. The van der Waals surface area contributed by atoms with Gasteiger partial charge in [0.2, 0.25) is 12.2 Å². The first-order valence-corrected chi connectivity index (χ1v) is 14.7. The minimum absolute atomic E-state index is 0.235. The van der Waals surface area contributed by atoms with E-state index in [-0.39, 0.29) is 35.7 Å². The molecule has 0 fully saturated rings. The van der Waals surface area contributed by atoms with E-state index in [4.69, 9.17) is 20.2 Å². The maximum Gasteiger partial charge on any atom is 0.223 e. The van der Waals surface area contributed by atoms with Crippen LogP contribution in [0.5, 0.6) is 11.5 Å². The lowest BCUT2D eigenvalue weighted by atomic mass is 9.88. The molecule has 2 atom stereocenters. The average Bonchev–Trinajstić information content (AvgIpc) is 2.90. The molecule has 2 aromatic rings. The molecule has 3 rings (SSSR count). The largest absolute Gasteiger partial charge is 0.872 e. The highest BCUT2D eigenvalue weighted by atomic mass is 16.3. The third-order valence-electron chi connectivity index (χ3n) is 7.66. The highest BCUT2D eigenvalue weighted by Gasteiger charge is 2.26. The van der Waals surface area contributed by atoms with Crippen LogP contribution in [0.25, 0.3) is 10.8 Å². The van der Waals surface area contributed by atoms with E-state index in [2.05, 4.69) is 42.0 Å².